The Bertz CT molecular complexity index is 694. The fourth-order valence-electron chi connectivity index (χ4n) is 3.18. The van der Waals surface area contributed by atoms with Crippen molar-refractivity contribution in [3.63, 3.8) is 0 Å². The monoisotopic (exact) mass is 345 g/mol. The minimum Gasteiger partial charge on any atom is -0.389 e. The van der Waals surface area contributed by atoms with Gasteiger partial charge in [0.15, 0.2) is 11.8 Å². The van der Waals surface area contributed by atoms with E-state index in [-0.39, 0.29) is 29.9 Å². The van der Waals surface area contributed by atoms with E-state index in [1.807, 2.05) is 23.6 Å². The van der Waals surface area contributed by atoms with E-state index in [0.717, 1.165) is 17.7 Å². The molecular formula is C17H19N3O3S. The molecule has 0 spiro atoms. The lowest BCUT2D eigenvalue weighted by molar-refractivity contribution is -0.125. The third kappa shape index (κ3) is 2.96. The van der Waals surface area contributed by atoms with Gasteiger partial charge in [0.05, 0.1) is 12.5 Å². The summed E-state index contributed by atoms with van der Waals surface area (Å²) in [6, 6.07) is 4.19. The van der Waals surface area contributed by atoms with Crippen LogP contribution in [0.1, 0.15) is 24.1 Å². The molecule has 1 aromatic heterocycles. The first-order valence-electron chi connectivity index (χ1n) is 8.26. The van der Waals surface area contributed by atoms with E-state index in [9.17, 15) is 9.59 Å². The SMILES string of the molecule is O=C(NC1CCC1)C1=NO[C@@H]2CN(C(=O)/C=C/c3cccs3)C[C@H]12. The highest BCUT2D eigenvalue weighted by molar-refractivity contribution is 7.10. The maximum Gasteiger partial charge on any atom is 0.269 e. The lowest BCUT2D eigenvalue weighted by atomic mass is 9.92. The molecule has 2 atom stereocenters. The number of oxime groups is 1. The molecule has 4 rings (SSSR count). The molecule has 2 amide bonds. The second-order valence-corrected chi connectivity index (χ2v) is 7.40. The molecule has 7 heteroatoms. The van der Waals surface area contributed by atoms with Crippen molar-refractivity contribution < 1.29 is 14.4 Å². The fraction of sp³-hybridized carbons (Fsp3) is 0.471. The van der Waals surface area contributed by atoms with E-state index in [4.69, 9.17) is 4.84 Å². The van der Waals surface area contributed by atoms with Gasteiger partial charge in [-0.1, -0.05) is 11.2 Å². The van der Waals surface area contributed by atoms with Crippen molar-refractivity contribution in [3.8, 4) is 0 Å². The molecule has 1 N–H and O–H groups in total. The third-order valence-corrected chi connectivity index (χ3v) is 5.66. The van der Waals surface area contributed by atoms with Crippen LogP contribution < -0.4 is 5.32 Å². The number of nitrogens with zero attached hydrogens (tertiary/aromatic N) is 2. The predicted octanol–water partition coefficient (Wildman–Crippen LogP) is 1.64. The van der Waals surface area contributed by atoms with Gasteiger partial charge >= 0.3 is 0 Å². The highest BCUT2D eigenvalue weighted by atomic mass is 32.1. The van der Waals surface area contributed by atoms with E-state index in [2.05, 4.69) is 10.5 Å². The smallest absolute Gasteiger partial charge is 0.269 e. The molecule has 6 nitrogen and oxygen atoms in total. The Morgan fingerprint density at radius 2 is 2.25 bits per heavy atom. The quantitative estimate of drug-likeness (QED) is 0.844. The van der Waals surface area contributed by atoms with Crippen molar-refractivity contribution in [2.45, 2.75) is 31.4 Å². The topological polar surface area (TPSA) is 71.0 Å². The number of carbonyl (C=O) groups excluding carboxylic acids is 2. The molecule has 1 aromatic rings. The summed E-state index contributed by atoms with van der Waals surface area (Å²) in [4.78, 5) is 32.8. The van der Waals surface area contributed by atoms with Crippen LogP contribution in [0.2, 0.25) is 0 Å². The maximum atomic E-state index is 12.3. The van der Waals surface area contributed by atoms with Gasteiger partial charge in [0.1, 0.15) is 0 Å². The van der Waals surface area contributed by atoms with Gasteiger partial charge < -0.3 is 15.1 Å². The molecule has 1 saturated heterocycles. The summed E-state index contributed by atoms with van der Waals surface area (Å²) in [6.45, 7) is 0.956. The summed E-state index contributed by atoms with van der Waals surface area (Å²) in [5.74, 6) is -0.319. The summed E-state index contributed by atoms with van der Waals surface area (Å²) in [6.07, 6.45) is 6.43. The number of amides is 2. The van der Waals surface area contributed by atoms with E-state index in [0.29, 0.717) is 18.8 Å². The van der Waals surface area contributed by atoms with Crippen molar-refractivity contribution in [1.82, 2.24) is 10.2 Å². The largest absolute Gasteiger partial charge is 0.389 e. The Balaban J connectivity index is 1.36. The van der Waals surface area contributed by atoms with Crippen LogP contribution >= 0.6 is 11.3 Å². The molecule has 24 heavy (non-hydrogen) atoms. The summed E-state index contributed by atoms with van der Waals surface area (Å²) in [7, 11) is 0. The van der Waals surface area contributed by atoms with Gasteiger partial charge in [0, 0.05) is 23.5 Å². The Morgan fingerprint density at radius 3 is 2.96 bits per heavy atom. The van der Waals surface area contributed by atoms with Gasteiger partial charge in [0.2, 0.25) is 5.91 Å². The molecule has 0 aromatic carbocycles. The zero-order chi connectivity index (χ0) is 16.5. The second-order valence-electron chi connectivity index (χ2n) is 6.42. The van der Waals surface area contributed by atoms with Crippen molar-refractivity contribution in [2.75, 3.05) is 13.1 Å². The summed E-state index contributed by atoms with van der Waals surface area (Å²) >= 11 is 1.59. The molecule has 1 saturated carbocycles. The molecule has 3 heterocycles. The normalized spacial score (nSPS) is 26.0. The van der Waals surface area contributed by atoms with Crippen molar-refractivity contribution in [2.24, 2.45) is 11.1 Å². The number of hydrogen-bond donors (Lipinski definition) is 1. The van der Waals surface area contributed by atoms with Crippen LogP contribution in [0.5, 0.6) is 0 Å². The molecule has 1 aliphatic carbocycles. The van der Waals surface area contributed by atoms with Crippen LogP contribution in [0.3, 0.4) is 0 Å². The van der Waals surface area contributed by atoms with Crippen LogP contribution in [0.15, 0.2) is 28.7 Å². The molecule has 2 aliphatic heterocycles. The van der Waals surface area contributed by atoms with Crippen molar-refractivity contribution in [3.05, 3.63) is 28.5 Å². The first-order valence-corrected chi connectivity index (χ1v) is 9.14. The molecule has 126 valence electrons. The molecule has 0 unspecified atom stereocenters. The summed E-state index contributed by atoms with van der Waals surface area (Å²) in [5, 5.41) is 8.93. The second kappa shape index (κ2) is 6.39. The van der Waals surface area contributed by atoms with Crippen LogP contribution in [0.4, 0.5) is 0 Å². The Labute approximate surface area is 144 Å². The molecule has 3 aliphatic rings. The average Bonchev–Trinajstić information content (AvgIpc) is 3.23. The van der Waals surface area contributed by atoms with Gasteiger partial charge in [-0.25, -0.2) is 0 Å². The lowest BCUT2D eigenvalue weighted by Crippen LogP contribution is -2.45. The lowest BCUT2D eigenvalue weighted by Gasteiger charge is -2.26. The standard InChI is InChI=1S/C17H19N3O3S/c21-15(7-6-12-5-2-8-24-12)20-9-13-14(10-20)23-19-16(13)17(22)18-11-3-1-4-11/h2,5-8,11,13-14H,1,3-4,9-10H2,(H,18,22)/b7-6+/t13-,14+/m0/s1. The van der Waals surface area contributed by atoms with Crippen LogP contribution in [0.25, 0.3) is 6.08 Å². The van der Waals surface area contributed by atoms with Crippen LogP contribution in [-0.4, -0.2) is 47.7 Å². The van der Waals surface area contributed by atoms with Gasteiger partial charge in [-0.2, -0.15) is 0 Å². The number of likely N-dealkylation sites (tertiary alicyclic amines) is 1. The van der Waals surface area contributed by atoms with Crippen molar-refractivity contribution in [1.29, 1.82) is 0 Å². The Morgan fingerprint density at radius 1 is 1.38 bits per heavy atom. The minimum atomic E-state index is -0.203. The van der Waals surface area contributed by atoms with E-state index >= 15 is 0 Å². The Hall–Kier alpha value is -2.15. The number of nitrogens with one attached hydrogen (secondary N) is 1. The molecule has 2 fully saturated rings. The zero-order valence-corrected chi connectivity index (χ0v) is 14.0. The molecule has 0 radical (unpaired) electrons. The van der Waals surface area contributed by atoms with Gasteiger partial charge in [-0.05, 0) is 36.8 Å². The maximum absolute atomic E-state index is 12.3. The summed E-state index contributed by atoms with van der Waals surface area (Å²) < 4.78 is 0. The zero-order valence-electron chi connectivity index (χ0n) is 13.2. The van der Waals surface area contributed by atoms with E-state index in [1.165, 1.54) is 6.42 Å². The molecular weight excluding hydrogens is 326 g/mol. The number of carbonyl (C=O) groups is 2. The van der Waals surface area contributed by atoms with Crippen LogP contribution in [-0.2, 0) is 14.4 Å². The predicted molar refractivity (Wildman–Crippen MR) is 91.5 cm³/mol. The van der Waals surface area contributed by atoms with Crippen LogP contribution in [0, 0.1) is 5.92 Å². The fourth-order valence-corrected chi connectivity index (χ4v) is 3.80. The summed E-state index contributed by atoms with van der Waals surface area (Å²) in [5.41, 5.74) is 0.435. The third-order valence-electron chi connectivity index (χ3n) is 4.82. The Kier molecular flexibility index (Phi) is 4.10. The average molecular weight is 345 g/mol. The first kappa shape index (κ1) is 15.4. The number of rotatable bonds is 4. The molecule has 0 bridgehead atoms. The van der Waals surface area contributed by atoms with E-state index < -0.39 is 0 Å². The van der Waals surface area contributed by atoms with Gasteiger partial charge in [-0.15, -0.1) is 11.3 Å². The number of fused-ring (bicyclic) bond motifs is 1. The van der Waals surface area contributed by atoms with E-state index in [1.54, 1.807) is 22.3 Å². The van der Waals surface area contributed by atoms with Gasteiger partial charge in [0.25, 0.3) is 5.91 Å². The van der Waals surface area contributed by atoms with Gasteiger partial charge in [-0.3, -0.25) is 9.59 Å². The number of hydrogen-bond acceptors (Lipinski definition) is 5. The van der Waals surface area contributed by atoms with Crippen molar-refractivity contribution >= 4 is 34.9 Å². The number of thiophene rings is 1. The highest BCUT2D eigenvalue weighted by Gasteiger charge is 2.46. The highest BCUT2D eigenvalue weighted by Crippen LogP contribution is 2.28. The minimum absolute atomic E-state index is 0.0554. The first-order chi connectivity index (χ1) is 11.7.